The molecular formula is C17H27BrNO5P. The Balaban J connectivity index is 2.66. The van der Waals surface area contributed by atoms with E-state index in [0.717, 1.165) is 5.56 Å². The molecular weight excluding hydrogens is 409 g/mol. The highest BCUT2D eigenvalue weighted by Crippen LogP contribution is 2.60. The minimum absolute atomic E-state index is 0.298. The Labute approximate surface area is 158 Å². The second-order valence-electron chi connectivity index (χ2n) is 6.82. The van der Waals surface area contributed by atoms with Crippen LogP contribution in [-0.4, -0.2) is 22.7 Å². The lowest BCUT2D eigenvalue weighted by atomic mass is 10.1. The molecule has 3 atom stereocenters. The van der Waals surface area contributed by atoms with E-state index < -0.39 is 23.9 Å². The van der Waals surface area contributed by atoms with Crippen molar-refractivity contribution in [1.82, 2.24) is 5.32 Å². The van der Waals surface area contributed by atoms with Gasteiger partial charge in [-0.05, 0) is 45.2 Å². The molecule has 0 radical (unpaired) electrons. The number of amides is 1. The number of nitrogens with one attached hydrogen (secondary N) is 1. The molecule has 1 aromatic carbocycles. The van der Waals surface area contributed by atoms with E-state index in [-0.39, 0.29) is 6.10 Å². The average Bonchev–Trinajstić information content (AvgIpc) is 2.50. The van der Waals surface area contributed by atoms with Crippen molar-refractivity contribution >= 4 is 29.6 Å². The number of carbonyl (C=O) groups is 1. The lowest BCUT2D eigenvalue weighted by Crippen LogP contribution is -2.32. The van der Waals surface area contributed by atoms with Gasteiger partial charge in [0.25, 0.3) is 0 Å². The topological polar surface area (TPSA) is 84.9 Å². The van der Waals surface area contributed by atoms with Crippen molar-refractivity contribution in [2.24, 2.45) is 0 Å². The van der Waals surface area contributed by atoms with Gasteiger partial charge < -0.3 is 19.5 Å². The quantitative estimate of drug-likeness (QED) is 0.459. The van der Waals surface area contributed by atoms with Crippen molar-refractivity contribution in [3.63, 3.8) is 0 Å². The molecule has 8 heteroatoms. The average molecular weight is 436 g/mol. The van der Waals surface area contributed by atoms with Crippen molar-refractivity contribution < 1.29 is 23.5 Å². The summed E-state index contributed by atoms with van der Waals surface area (Å²) in [6.07, 6.45) is -0.135. The Kier molecular flexibility index (Phi) is 8.13. The fraction of sp³-hybridized carbons (Fsp3) is 0.588. The summed E-state index contributed by atoms with van der Waals surface area (Å²) in [5.74, 6) is 0. The maximum absolute atomic E-state index is 12.3. The number of benzene rings is 1. The number of hydrogen-bond donors (Lipinski definition) is 2. The molecule has 0 bridgehead atoms. The molecule has 3 unspecified atom stereocenters. The molecule has 0 heterocycles. The fourth-order valence-corrected chi connectivity index (χ4v) is 3.77. The Morgan fingerprint density at radius 2 is 1.88 bits per heavy atom. The standard InChI is InChI=1S/C17H27BrNO5P/c1-6-12(2)24-25(21,22)15(18)14-9-7-13(8-10-14)11-19-16(20)23-17(3,4)5/h7-10,12,15H,6,11H2,1-5H3,(H,19,20)(H,21,22). The summed E-state index contributed by atoms with van der Waals surface area (Å²) < 4.78 is 21.9. The molecule has 6 nitrogen and oxygen atoms in total. The van der Waals surface area contributed by atoms with Gasteiger partial charge in [0.2, 0.25) is 0 Å². The van der Waals surface area contributed by atoms with Gasteiger partial charge >= 0.3 is 13.7 Å². The minimum atomic E-state index is -3.82. The Morgan fingerprint density at radius 1 is 1.32 bits per heavy atom. The maximum atomic E-state index is 12.3. The number of ether oxygens (including phenoxy) is 1. The van der Waals surface area contributed by atoms with E-state index in [9.17, 15) is 14.3 Å². The molecule has 1 aromatic rings. The third-order valence-corrected chi connectivity index (χ3v) is 6.90. The second-order valence-corrected chi connectivity index (χ2v) is 10.3. The molecule has 0 aliphatic heterocycles. The zero-order chi connectivity index (χ0) is 19.3. The van der Waals surface area contributed by atoms with E-state index in [0.29, 0.717) is 18.5 Å². The first kappa shape index (κ1) is 22.2. The van der Waals surface area contributed by atoms with Crippen LogP contribution in [0.4, 0.5) is 4.79 Å². The SMILES string of the molecule is CCC(C)OP(=O)(O)C(Br)c1ccc(CNC(=O)OC(C)(C)C)cc1. The summed E-state index contributed by atoms with van der Waals surface area (Å²) in [6.45, 7) is 9.35. The van der Waals surface area contributed by atoms with Gasteiger partial charge in [-0.1, -0.05) is 47.1 Å². The number of rotatable bonds is 7. The molecule has 142 valence electrons. The van der Waals surface area contributed by atoms with Crippen LogP contribution in [0.1, 0.15) is 56.7 Å². The van der Waals surface area contributed by atoms with Crippen LogP contribution in [0, 0.1) is 0 Å². The van der Waals surface area contributed by atoms with Crippen molar-refractivity contribution in [2.45, 2.75) is 63.9 Å². The molecule has 1 rings (SSSR count). The van der Waals surface area contributed by atoms with Crippen LogP contribution in [0.25, 0.3) is 0 Å². The Morgan fingerprint density at radius 3 is 2.36 bits per heavy atom. The van der Waals surface area contributed by atoms with Crippen LogP contribution < -0.4 is 5.32 Å². The summed E-state index contributed by atoms with van der Waals surface area (Å²) in [4.78, 5) is 21.7. The van der Waals surface area contributed by atoms with Crippen molar-refractivity contribution in [3.05, 3.63) is 35.4 Å². The van der Waals surface area contributed by atoms with E-state index in [1.165, 1.54) is 0 Å². The Hall–Kier alpha value is -0.880. The molecule has 0 saturated heterocycles. The summed E-state index contributed by atoms with van der Waals surface area (Å²) in [5.41, 5.74) is 0.940. The first-order valence-corrected chi connectivity index (χ1v) is 10.7. The van der Waals surface area contributed by atoms with E-state index in [1.807, 2.05) is 6.92 Å². The van der Waals surface area contributed by atoms with Crippen LogP contribution in [0.3, 0.4) is 0 Å². The number of alkyl halides is 1. The largest absolute Gasteiger partial charge is 0.444 e. The lowest BCUT2D eigenvalue weighted by molar-refractivity contribution is 0.0523. The highest BCUT2D eigenvalue weighted by Gasteiger charge is 2.33. The smallest absolute Gasteiger partial charge is 0.407 e. The highest BCUT2D eigenvalue weighted by molar-refractivity contribution is 9.10. The van der Waals surface area contributed by atoms with Crippen LogP contribution >= 0.6 is 23.5 Å². The predicted octanol–water partition coefficient (Wildman–Crippen LogP) is 5.11. The normalized spacial score (nSPS) is 16.6. The van der Waals surface area contributed by atoms with E-state index in [4.69, 9.17) is 9.26 Å². The number of alkyl carbamates (subject to hydrolysis) is 1. The zero-order valence-electron chi connectivity index (χ0n) is 15.3. The van der Waals surface area contributed by atoms with Gasteiger partial charge in [-0.25, -0.2) is 4.79 Å². The van der Waals surface area contributed by atoms with E-state index >= 15 is 0 Å². The number of hydrogen-bond acceptors (Lipinski definition) is 4. The van der Waals surface area contributed by atoms with Gasteiger partial charge in [0.1, 0.15) is 10.2 Å². The molecule has 0 fully saturated rings. The number of halogens is 1. The third kappa shape index (κ3) is 7.90. The van der Waals surface area contributed by atoms with Gasteiger partial charge in [0.05, 0.1) is 6.10 Å². The molecule has 2 N–H and O–H groups in total. The van der Waals surface area contributed by atoms with Crippen LogP contribution in [0.15, 0.2) is 24.3 Å². The third-order valence-electron chi connectivity index (χ3n) is 3.28. The maximum Gasteiger partial charge on any atom is 0.407 e. The van der Waals surface area contributed by atoms with Gasteiger partial charge in [-0.15, -0.1) is 0 Å². The molecule has 0 spiro atoms. The molecule has 0 saturated carbocycles. The Bertz CT molecular complexity index is 614. The molecule has 0 aliphatic carbocycles. The fourth-order valence-electron chi connectivity index (χ4n) is 1.86. The molecule has 0 aromatic heterocycles. The van der Waals surface area contributed by atoms with Crippen LogP contribution in [0.2, 0.25) is 0 Å². The lowest BCUT2D eigenvalue weighted by Gasteiger charge is -2.21. The van der Waals surface area contributed by atoms with Gasteiger partial charge in [-0.3, -0.25) is 4.57 Å². The molecule has 25 heavy (non-hydrogen) atoms. The second kappa shape index (κ2) is 9.17. The first-order valence-electron chi connectivity index (χ1n) is 8.15. The van der Waals surface area contributed by atoms with Crippen LogP contribution in [-0.2, 0) is 20.4 Å². The molecule has 1 amide bonds. The first-order chi connectivity index (χ1) is 11.4. The van der Waals surface area contributed by atoms with Gasteiger partial charge in [-0.2, -0.15) is 0 Å². The van der Waals surface area contributed by atoms with E-state index in [2.05, 4.69) is 21.2 Å². The number of carbonyl (C=O) groups excluding carboxylic acids is 1. The summed E-state index contributed by atoms with van der Waals surface area (Å²) in [5, 5.41) is 2.67. The summed E-state index contributed by atoms with van der Waals surface area (Å²) >= 11 is 3.26. The van der Waals surface area contributed by atoms with Gasteiger partial charge in [0.15, 0.2) is 0 Å². The minimum Gasteiger partial charge on any atom is -0.444 e. The van der Waals surface area contributed by atoms with Crippen molar-refractivity contribution in [3.8, 4) is 0 Å². The predicted molar refractivity (Wildman–Crippen MR) is 102 cm³/mol. The summed E-state index contributed by atoms with van der Waals surface area (Å²) in [6, 6.07) is 7.02. The van der Waals surface area contributed by atoms with Gasteiger partial charge in [0, 0.05) is 6.54 Å². The molecule has 0 aliphatic rings. The van der Waals surface area contributed by atoms with Crippen molar-refractivity contribution in [2.75, 3.05) is 0 Å². The summed E-state index contributed by atoms with van der Waals surface area (Å²) in [7, 11) is -3.82. The van der Waals surface area contributed by atoms with Crippen LogP contribution in [0.5, 0.6) is 0 Å². The monoisotopic (exact) mass is 435 g/mol. The van der Waals surface area contributed by atoms with E-state index in [1.54, 1.807) is 52.0 Å². The zero-order valence-corrected chi connectivity index (χ0v) is 17.8. The van der Waals surface area contributed by atoms with Crippen molar-refractivity contribution in [1.29, 1.82) is 0 Å². The highest BCUT2D eigenvalue weighted by atomic mass is 79.9.